The van der Waals surface area contributed by atoms with Gasteiger partial charge >= 0.3 is 0 Å². The van der Waals surface area contributed by atoms with Crippen LogP contribution in [0.1, 0.15) is 42.1 Å². The maximum atomic E-state index is 11.8. The van der Waals surface area contributed by atoms with E-state index in [1.165, 1.54) is 5.56 Å². The number of ketones is 1. The Kier molecular flexibility index (Phi) is 3.39. The molecule has 2 rings (SSSR count). The molecule has 16 heavy (non-hydrogen) atoms. The van der Waals surface area contributed by atoms with Gasteiger partial charge in [0.15, 0.2) is 5.78 Å². The van der Waals surface area contributed by atoms with Crippen LogP contribution in [0.4, 0.5) is 0 Å². The smallest absolute Gasteiger partial charge is 0.176 e. The lowest BCUT2D eigenvalue weighted by molar-refractivity contribution is 0.0974. The van der Waals surface area contributed by atoms with Crippen LogP contribution in [0.2, 0.25) is 0 Å². The summed E-state index contributed by atoms with van der Waals surface area (Å²) in [7, 11) is 0. The lowest BCUT2D eigenvalue weighted by Crippen LogP contribution is -2.13. The minimum absolute atomic E-state index is 0.244. The van der Waals surface area contributed by atoms with Crippen LogP contribution in [0.25, 0.3) is 0 Å². The molecular weight excluding hydrogens is 198 g/mol. The maximum Gasteiger partial charge on any atom is 0.176 e. The van der Waals surface area contributed by atoms with Gasteiger partial charge in [0.2, 0.25) is 0 Å². The van der Waals surface area contributed by atoms with Crippen LogP contribution in [0.5, 0.6) is 0 Å². The minimum Gasteiger partial charge on any atom is -0.293 e. The van der Waals surface area contributed by atoms with Crippen LogP contribution in [0.15, 0.2) is 24.3 Å². The molecule has 0 N–H and O–H groups in total. The Morgan fingerprint density at radius 2 is 1.94 bits per heavy atom. The second-order valence-electron chi connectivity index (χ2n) is 4.63. The first-order chi connectivity index (χ1) is 7.70. The zero-order valence-corrected chi connectivity index (χ0v) is 10.1. The van der Waals surface area contributed by atoms with Gasteiger partial charge in [-0.25, -0.2) is 0 Å². The lowest BCUT2D eigenvalue weighted by atomic mass is 9.97. The zero-order chi connectivity index (χ0) is 11.5. The molecule has 0 aliphatic carbocycles. The van der Waals surface area contributed by atoms with E-state index in [4.69, 9.17) is 0 Å². The average Bonchev–Trinajstić information content (AvgIpc) is 3.12. The molecule has 2 heteroatoms. The number of hydrogen-bond donors (Lipinski definition) is 0. The summed E-state index contributed by atoms with van der Waals surface area (Å²) in [5.41, 5.74) is 2.17. The SMILES string of the molecule is CCC(C)c1ccc(C(=O)CN2CC2)cc1. The van der Waals surface area contributed by atoms with E-state index in [1.807, 2.05) is 12.1 Å². The number of nitrogens with zero attached hydrogens (tertiary/aromatic N) is 1. The number of rotatable bonds is 5. The predicted octanol–water partition coefficient (Wildman–Crippen LogP) is 2.70. The van der Waals surface area contributed by atoms with E-state index in [-0.39, 0.29) is 5.78 Å². The summed E-state index contributed by atoms with van der Waals surface area (Å²) in [5, 5.41) is 0. The molecule has 1 saturated heterocycles. The first-order valence-corrected chi connectivity index (χ1v) is 6.06. The van der Waals surface area contributed by atoms with Gasteiger partial charge in [-0.05, 0) is 17.9 Å². The molecule has 0 radical (unpaired) electrons. The van der Waals surface area contributed by atoms with Crippen molar-refractivity contribution in [2.24, 2.45) is 0 Å². The van der Waals surface area contributed by atoms with E-state index >= 15 is 0 Å². The quantitative estimate of drug-likeness (QED) is 0.558. The Balaban J connectivity index is 2.02. The average molecular weight is 217 g/mol. The Morgan fingerprint density at radius 3 is 2.44 bits per heavy atom. The van der Waals surface area contributed by atoms with Gasteiger partial charge in [0.1, 0.15) is 0 Å². The summed E-state index contributed by atoms with van der Waals surface area (Å²) in [6.45, 7) is 7.15. The van der Waals surface area contributed by atoms with Crippen molar-refractivity contribution in [2.75, 3.05) is 19.6 Å². The van der Waals surface area contributed by atoms with Crippen LogP contribution in [0.3, 0.4) is 0 Å². The number of carbonyl (C=O) groups excluding carboxylic acids is 1. The Bertz CT molecular complexity index is 365. The molecule has 2 nitrogen and oxygen atoms in total. The highest BCUT2D eigenvalue weighted by Crippen LogP contribution is 2.19. The van der Waals surface area contributed by atoms with E-state index in [2.05, 4.69) is 30.9 Å². The standard InChI is InChI=1S/C14H19NO/c1-3-11(2)12-4-6-13(7-5-12)14(16)10-15-8-9-15/h4-7,11H,3,8-10H2,1-2H3. The fourth-order valence-electron chi connectivity index (χ4n) is 1.76. The van der Waals surface area contributed by atoms with Crippen molar-refractivity contribution in [3.63, 3.8) is 0 Å². The van der Waals surface area contributed by atoms with Gasteiger partial charge in [-0.3, -0.25) is 9.69 Å². The lowest BCUT2D eigenvalue weighted by Gasteiger charge is -2.09. The molecule has 0 amide bonds. The molecule has 0 aromatic heterocycles. The van der Waals surface area contributed by atoms with Crippen LogP contribution < -0.4 is 0 Å². The highest BCUT2D eigenvalue weighted by molar-refractivity contribution is 5.97. The highest BCUT2D eigenvalue weighted by atomic mass is 16.1. The number of carbonyl (C=O) groups is 1. The summed E-state index contributed by atoms with van der Waals surface area (Å²) in [5.74, 6) is 0.824. The normalized spacial score (nSPS) is 17.1. The third kappa shape index (κ3) is 2.70. The molecule has 0 bridgehead atoms. The molecule has 1 aliphatic heterocycles. The van der Waals surface area contributed by atoms with Crippen molar-refractivity contribution in [2.45, 2.75) is 26.2 Å². The fourth-order valence-corrected chi connectivity index (χ4v) is 1.76. The first-order valence-electron chi connectivity index (χ1n) is 6.06. The molecule has 1 fully saturated rings. The molecule has 1 atom stereocenters. The van der Waals surface area contributed by atoms with E-state index in [1.54, 1.807) is 0 Å². The van der Waals surface area contributed by atoms with Crippen LogP contribution in [0, 0.1) is 0 Å². The molecule has 1 heterocycles. The Morgan fingerprint density at radius 1 is 1.31 bits per heavy atom. The summed E-state index contributed by atoms with van der Waals surface area (Å²) < 4.78 is 0. The van der Waals surface area contributed by atoms with Crippen molar-refractivity contribution in [3.05, 3.63) is 35.4 Å². The Labute approximate surface area is 97.3 Å². The van der Waals surface area contributed by atoms with Gasteiger partial charge in [-0.15, -0.1) is 0 Å². The molecular formula is C14H19NO. The first kappa shape index (κ1) is 11.3. The fraction of sp³-hybridized carbons (Fsp3) is 0.500. The number of benzene rings is 1. The van der Waals surface area contributed by atoms with Gasteiger partial charge in [-0.1, -0.05) is 38.1 Å². The molecule has 0 saturated carbocycles. The van der Waals surface area contributed by atoms with Crippen molar-refractivity contribution in [1.29, 1.82) is 0 Å². The molecule has 0 spiro atoms. The van der Waals surface area contributed by atoms with E-state index in [0.717, 1.165) is 25.1 Å². The molecule has 1 aliphatic rings. The van der Waals surface area contributed by atoms with Gasteiger partial charge < -0.3 is 0 Å². The van der Waals surface area contributed by atoms with Gasteiger partial charge in [0, 0.05) is 18.7 Å². The molecule has 1 aromatic carbocycles. The number of Topliss-reactive ketones (excluding diaryl/α,β-unsaturated/α-hetero) is 1. The van der Waals surface area contributed by atoms with Gasteiger partial charge in [-0.2, -0.15) is 0 Å². The second kappa shape index (κ2) is 4.79. The van der Waals surface area contributed by atoms with E-state index in [9.17, 15) is 4.79 Å². The molecule has 86 valence electrons. The molecule has 1 aromatic rings. The van der Waals surface area contributed by atoms with Crippen molar-refractivity contribution >= 4 is 5.78 Å². The minimum atomic E-state index is 0.244. The van der Waals surface area contributed by atoms with Gasteiger partial charge in [0.25, 0.3) is 0 Å². The predicted molar refractivity (Wildman–Crippen MR) is 65.9 cm³/mol. The van der Waals surface area contributed by atoms with Crippen molar-refractivity contribution in [1.82, 2.24) is 4.90 Å². The van der Waals surface area contributed by atoms with E-state index < -0.39 is 0 Å². The summed E-state index contributed by atoms with van der Waals surface area (Å²) in [4.78, 5) is 13.9. The van der Waals surface area contributed by atoms with Crippen molar-refractivity contribution in [3.8, 4) is 0 Å². The maximum absolute atomic E-state index is 11.8. The Hall–Kier alpha value is -1.15. The van der Waals surface area contributed by atoms with Crippen LogP contribution in [-0.4, -0.2) is 30.3 Å². The van der Waals surface area contributed by atoms with Crippen molar-refractivity contribution < 1.29 is 4.79 Å². The number of hydrogen-bond acceptors (Lipinski definition) is 2. The summed E-state index contributed by atoms with van der Waals surface area (Å²) in [6.07, 6.45) is 1.14. The zero-order valence-electron chi connectivity index (χ0n) is 10.1. The summed E-state index contributed by atoms with van der Waals surface area (Å²) in [6, 6.07) is 8.11. The van der Waals surface area contributed by atoms with E-state index in [0.29, 0.717) is 12.5 Å². The third-order valence-corrected chi connectivity index (χ3v) is 3.32. The second-order valence-corrected chi connectivity index (χ2v) is 4.63. The summed E-state index contributed by atoms with van der Waals surface area (Å²) >= 11 is 0. The molecule has 1 unspecified atom stereocenters. The van der Waals surface area contributed by atoms with Crippen LogP contribution in [-0.2, 0) is 0 Å². The largest absolute Gasteiger partial charge is 0.293 e. The third-order valence-electron chi connectivity index (χ3n) is 3.32. The topological polar surface area (TPSA) is 20.1 Å². The van der Waals surface area contributed by atoms with Crippen LogP contribution >= 0.6 is 0 Å². The monoisotopic (exact) mass is 217 g/mol. The van der Waals surface area contributed by atoms with Gasteiger partial charge in [0.05, 0.1) is 6.54 Å². The highest BCUT2D eigenvalue weighted by Gasteiger charge is 2.20.